The van der Waals surface area contributed by atoms with E-state index < -0.39 is 0 Å². The van der Waals surface area contributed by atoms with Crippen LogP contribution in [0, 0.1) is 6.92 Å². The first-order valence-electron chi connectivity index (χ1n) is 5.70. The number of carbonyl (C=O) groups excluding carboxylic acids is 1. The van der Waals surface area contributed by atoms with Crippen LogP contribution < -0.4 is 0 Å². The number of ether oxygens (including phenoxy) is 1. The molecule has 3 nitrogen and oxygen atoms in total. The summed E-state index contributed by atoms with van der Waals surface area (Å²) in [5, 5.41) is 0. The van der Waals surface area contributed by atoms with Crippen molar-refractivity contribution in [3.05, 3.63) is 29.3 Å². The molecule has 0 atom stereocenters. The summed E-state index contributed by atoms with van der Waals surface area (Å²) >= 11 is 1.86. The fourth-order valence-electron chi connectivity index (χ4n) is 1.96. The van der Waals surface area contributed by atoms with Gasteiger partial charge in [0, 0.05) is 23.7 Å². The van der Waals surface area contributed by atoms with Gasteiger partial charge in [0.2, 0.25) is 0 Å². The Morgan fingerprint density at radius 2 is 2.35 bits per heavy atom. The number of benzene rings is 1. The number of fused-ring (bicyclic) bond motifs is 1. The largest absolute Gasteiger partial charge is 0.468 e. The van der Waals surface area contributed by atoms with Crippen molar-refractivity contribution in [2.45, 2.75) is 18.4 Å². The molecule has 0 spiro atoms. The summed E-state index contributed by atoms with van der Waals surface area (Å²) in [5.74, 6) is 0.860. The molecule has 17 heavy (non-hydrogen) atoms. The molecular formula is C13H17NO2S. The smallest absolute Gasteiger partial charge is 0.319 e. The van der Waals surface area contributed by atoms with E-state index in [0.717, 1.165) is 18.8 Å². The Hall–Kier alpha value is -1.00. The summed E-state index contributed by atoms with van der Waals surface area (Å²) in [5.41, 5.74) is 2.58. The molecule has 92 valence electrons. The Morgan fingerprint density at radius 3 is 3.12 bits per heavy atom. The van der Waals surface area contributed by atoms with Gasteiger partial charge in [0.25, 0.3) is 0 Å². The van der Waals surface area contributed by atoms with E-state index in [4.69, 9.17) is 4.74 Å². The molecular weight excluding hydrogens is 234 g/mol. The van der Waals surface area contributed by atoms with E-state index >= 15 is 0 Å². The van der Waals surface area contributed by atoms with Gasteiger partial charge in [-0.25, -0.2) is 0 Å². The molecule has 0 amide bonds. The highest BCUT2D eigenvalue weighted by atomic mass is 32.2. The molecule has 0 radical (unpaired) electrons. The zero-order valence-corrected chi connectivity index (χ0v) is 11.0. The summed E-state index contributed by atoms with van der Waals surface area (Å²) < 4.78 is 4.72. The van der Waals surface area contributed by atoms with Gasteiger partial charge in [0.05, 0.1) is 13.7 Å². The van der Waals surface area contributed by atoms with Crippen molar-refractivity contribution in [3.8, 4) is 0 Å². The maximum absolute atomic E-state index is 11.3. The second-order valence-electron chi connectivity index (χ2n) is 4.25. The van der Waals surface area contributed by atoms with E-state index in [2.05, 4.69) is 30.0 Å². The number of methoxy groups -OCH3 is 1. The number of rotatable bonds is 2. The molecule has 0 bridgehead atoms. The van der Waals surface area contributed by atoms with Crippen LogP contribution in [0.1, 0.15) is 11.1 Å². The van der Waals surface area contributed by atoms with Gasteiger partial charge in [-0.15, -0.1) is 11.8 Å². The zero-order valence-electron chi connectivity index (χ0n) is 10.2. The first kappa shape index (κ1) is 12.5. The summed E-state index contributed by atoms with van der Waals surface area (Å²) in [6.07, 6.45) is 0. The van der Waals surface area contributed by atoms with Gasteiger partial charge in [0.15, 0.2) is 0 Å². The number of nitrogens with zero attached hydrogens (tertiary/aromatic N) is 1. The molecule has 0 aliphatic carbocycles. The maximum atomic E-state index is 11.3. The number of hydrogen-bond donors (Lipinski definition) is 0. The Morgan fingerprint density at radius 1 is 1.53 bits per heavy atom. The van der Waals surface area contributed by atoms with Crippen molar-refractivity contribution in [1.82, 2.24) is 4.90 Å². The minimum atomic E-state index is -0.161. The van der Waals surface area contributed by atoms with E-state index in [9.17, 15) is 4.79 Å². The summed E-state index contributed by atoms with van der Waals surface area (Å²) in [6, 6.07) is 6.52. The van der Waals surface area contributed by atoms with Crippen LogP contribution in [0.3, 0.4) is 0 Å². The molecule has 1 aromatic carbocycles. The van der Waals surface area contributed by atoms with Gasteiger partial charge in [-0.2, -0.15) is 0 Å². The highest BCUT2D eigenvalue weighted by molar-refractivity contribution is 7.99. The predicted molar refractivity (Wildman–Crippen MR) is 69.2 cm³/mol. The fraction of sp³-hybridized carbons (Fsp3) is 0.462. The van der Waals surface area contributed by atoms with Gasteiger partial charge in [-0.1, -0.05) is 17.7 Å². The van der Waals surface area contributed by atoms with E-state index in [0.29, 0.717) is 6.54 Å². The topological polar surface area (TPSA) is 29.5 Å². The van der Waals surface area contributed by atoms with Gasteiger partial charge in [-0.05, 0) is 18.6 Å². The van der Waals surface area contributed by atoms with Crippen molar-refractivity contribution in [3.63, 3.8) is 0 Å². The van der Waals surface area contributed by atoms with Crippen molar-refractivity contribution in [1.29, 1.82) is 0 Å². The molecule has 1 heterocycles. The first-order valence-corrected chi connectivity index (χ1v) is 6.69. The van der Waals surface area contributed by atoms with Gasteiger partial charge < -0.3 is 4.74 Å². The van der Waals surface area contributed by atoms with Crippen molar-refractivity contribution >= 4 is 17.7 Å². The van der Waals surface area contributed by atoms with E-state index in [-0.39, 0.29) is 5.97 Å². The lowest BCUT2D eigenvalue weighted by atomic mass is 10.1. The number of thioether (sulfide) groups is 1. The SMILES string of the molecule is COC(=O)CN1CCSc2ccc(C)cc2C1. The normalized spacial score (nSPS) is 16.1. The van der Waals surface area contributed by atoms with Crippen LogP contribution in [0.15, 0.2) is 23.1 Å². The standard InChI is InChI=1S/C13H17NO2S/c1-10-3-4-12-11(7-10)8-14(5-6-17-12)9-13(15)16-2/h3-4,7H,5-6,8-9H2,1-2H3. The molecule has 0 saturated carbocycles. The second-order valence-corrected chi connectivity index (χ2v) is 5.38. The summed E-state index contributed by atoms with van der Waals surface area (Å²) in [4.78, 5) is 14.8. The Bertz CT molecular complexity index is 420. The average Bonchev–Trinajstić information content (AvgIpc) is 2.50. The Kier molecular flexibility index (Phi) is 4.07. The lowest BCUT2D eigenvalue weighted by molar-refractivity contribution is -0.142. The van der Waals surface area contributed by atoms with Crippen LogP contribution in [0.2, 0.25) is 0 Å². The molecule has 0 N–H and O–H groups in total. The highest BCUT2D eigenvalue weighted by Gasteiger charge is 2.17. The molecule has 4 heteroatoms. The van der Waals surface area contributed by atoms with Crippen molar-refractivity contribution in [2.24, 2.45) is 0 Å². The third-order valence-electron chi connectivity index (χ3n) is 2.86. The van der Waals surface area contributed by atoms with Gasteiger partial charge in [0.1, 0.15) is 0 Å². The van der Waals surface area contributed by atoms with Crippen LogP contribution in [0.25, 0.3) is 0 Å². The lowest BCUT2D eigenvalue weighted by Gasteiger charge is -2.18. The van der Waals surface area contributed by atoms with Crippen LogP contribution >= 0.6 is 11.8 Å². The van der Waals surface area contributed by atoms with Crippen molar-refractivity contribution < 1.29 is 9.53 Å². The minimum Gasteiger partial charge on any atom is -0.468 e. The van der Waals surface area contributed by atoms with Crippen LogP contribution in [0.5, 0.6) is 0 Å². The zero-order chi connectivity index (χ0) is 12.3. The summed E-state index contributed by atoms with van der Waals surface area (Å²) in [6.45, 7) is 4.23. The number of esters is 1. The minimum absolute atomic E-state index is 0.161. The molecule has 0 saturated heterocycles. The van der Waals surface area contributed by atoms with Crippen molar-refractivity contribution in [2.75, 3.05) is 26.0 Å². The number of carbonyl (C=O) groups is 1. The first-order chi connectivity index (χ1) is 8.19. The maximum Gasteiger partial charge on any atom is 0.319 e. The monoisotopic (exact) mass is 251 g/mol. The third-order valence-corrected chi connectivity index (χ3v) is 3.95. The molecule has 1 aliphatic heterocycles. The van der Waals surface area contributed by atoms with Crippen LogP contribution in [0.4, 0.5) is 0 Å². The number of aryl methyl sites for hydroxylation is 1. The molecule has 2 rings (SSSR count). The van der Waals surface area contributed by atoms with E-state index in [1.165, 1.54) is 23.1 Å². The fourth-order valence-corrected chi connectivity index (χ4v) is 3.00. The van der Waals surface area contributed by atoms with E-state index in [1.807, 2.05) is 11.8 Å². The molecule has 0 fully saturated rings. The molecule has 0 aromatic heterocycles. The highest BCUT2D eigenvalue weighted by Crippen LogP contribution is 2.27. The third kappa shape index (κ3) is 3.23. The van der Waals surface area contributed by atoms with Gasteiger partial charge in [-0.3, -0.25) is 9.69 Å². The molecule has 0 unspecified atom stereocenters. The number of hydrogen-bond acceptors (Lipinski definition) is 4. The second kappa shape index (κ2) is 5.56. The molecule has 1 aliphatic rings. The quantitative estimate of drug-likeness (QED) is 0.753. The Balaban J connectivity index is 2.13. The van der Waals surface area contributed by atoms with E-state index in [1.54, 1.807) is 0 Å². The predicted octanol–water partition coefficient (Wildman–Crippen LogP) is 2.08. The summed E-state index contributed by atoms with van der Waals surface area (Å²) in [7, 11) is 1.44. The van der Waals surface area contributed by atoms with Crippen LogP contribution in [-0.2, 0) is 16.1 Å². The molecule has 1 aromatic rings. The Labute approximate surface area is 106 Å². The van der Waals surface area contributed by atoms with Crippen LogP contribution in [-0.4, -0.2) is 36.8 Å². The van der Waals surface area contributed by atoms with Gasteiger partial charge >= 0.3 is 5.97 Å². The average molecular weight is 251 g/mol. The lowest BCUT2D eigenvalue weighted by Crippen LogP contribution is -2.31.